The van der Waals surface area contributed by atoms with Crippen molar-refractivity contribution < 1.29 is 4.39 Å². The Labute approximate surface area is 129 Å². The molecule has 0 saturated heterocycles. The van der Waals surface area contributed by atoms with E-state index in [-0.39, 0.29) is 5.82 Å². The summed E-state index contributed by atoms with van der Waals surface area (Å²) in [5, 5.41) is 13.9. The first-order valence-electron chi connectivity index (χ1n) is 5.78. The van der Waals surface area contributed by atoms with Crippen molar-refractivity contribution in [3.05, 3.63) is 46.6 Å². The molecule has 0 spiro atoms. The molecule has 0 aliphatic heterocycles. The number of nitrogens with one attached hydrogen (secondary N) is 2. The third kappa shape index (κ3) is 4.17. The van der Waals surface area contributed by atoms with Gasteiger partial charge in [-0.05, 0) is 46.3 Å². The summed E-state index contributed by atoms with van der Waals surface area (Å²) in [6, 6.07) is 4.70. The second-order valence-electron chi connectivity index (χ2n) is 3.79. The molecule has 0 aromatic carbocycles. The molecule has 0 bridgehead atoms. The summed E-state index contributed by atoms with van der Waals surface area (Å²) >= 11 is 8.45. The molecule has 0 aliphatic rings. The fourth-order valence-electron chi connectivity index (χ4n) is 1.45. The zero-order valence-electron chi connectivity index (χ0n) is 10.3. The van der Waals surface area contributed by atoms with Crippen LogP contribution in [0, 0.1) is 5.82 Å². The molecule has 5 nitrogen and oxygen atoms in total. The number of nitrogens with zero attached hydrogens (tertiary/aromatic N) is 3. The average molecular weight is 356 g/mol. The van der Waals surface area contributed by atoms with E-state index in [0.717, 1.165) is 4.47 Å². The molecule has 2 heterocycles. The van der Waals surface area contributed by atoms with Crippen molar-refractivity contribution in [2.45, 2.75) is 6.42 Å². The highest BCUT2D eigenvalue weighted by Crippen LogP contribution is 2.16. The molecule has 0 unspecified atom stereocenters. The second-order valence-corrected chi connectivity index (χ2v) is 5.05. The lowest BCUT2D eigenvalue weighted by atomic mass is 10.2. The van der Waals surface area contributed by atoms with E-state index in [4.69, 9.17) is 12.2 Å². The molecule has 2 aromatic heterocycles. The van der Waals surface area contributed by atoms with Crippen LogP contribution in [0.5, 0.6) is 0 Å². The molecule has 2 N–H and O–H groups in total. The molecule has 0 amide bonds. The minimum Gasteiger partial charge on any atom is -0.362 e. The summed E-state index contributed by atoms with van der Waals surface area (Å²) in [4.78, 5) is 3.96. The largest absolute Gasteiger partial charge is 0.362 e. The number of hydrogen-bond acceptors (Lipinski definition) is 4. The molecule has 104 valence electrons. The van der Waals surface area contributed by atoms with Crippen LogP contribution >= 0.6 is 28.1 Å². The Morgan fingerprint density at radius 2 is 2.20 bits per heavy atom. The maximum absolute atomic E-state index is 13.4. The number of thiocarbonyl (C=S) groups is 1. The first-order chi connectivity index (χ1) is 9.66. The zero-order chi connectivity index (χ0) is 14.4. The van der Waals surface area contributed by atoms with Crippen molar-refractivity contribution in [1.29, 1.82) is 0 Å². The van der Waals surface area contributed by atoms with Gasteiger partial charge in [-0.25, -0.2) is 4.39 Å². The van der Waals surface area contributed by atoms with E-state index in [1.165, 1.54) is 6.07 Å². The molecule has 0 fully saturated rings. The van der Waals surface area contributed by atoms with Gasteiger partial charge in [0.25, 0.3) is 0 Å². The Morgan fingerprint density at radius 3 is 2.95 bits per heavy atom. The molecule has 2 aromatic rings. The highest BCUT2D eigenvalue weighted by Gasteiger charge is 2.05. The van der Waals surface area contributed by atoms with Crippen molar-refractivity contribution in [2.24, 2.45) is 0 Å². The molecule has 20 heavy (non-hydrogen) atoms. The Morgan fingerprint density at radius 1 is 1.35 bits per heavy atom. The standard InChI is InChI=1S/C12H11BrFN5S/c13-8-3-7-17-19-11(8)18-12(20)16-6-4-10-9(14)2-1-5-15-10/h1-3,5,7H,4,6H2,(H2,16,18,19,20). The number of hydrogen-bond donors (Lipinski definition) is 2. The van der Waals surface area contributed by atoms with Gasteiger partial charge in [0.1, 0.15) is 5.82 Å². The quantitative estimate of drug-likeness (QED) is 0.820. The first-order valence-corrected chi connectivity index (χ1v) is 6.98. The SMILES string of the molecule is Fc1cccnc1CCNC(=S)Nc1nnccc1Br. The van der Waals surface area contributed by atoms with Crippen LogP contribution in [0.2, 0.25) is 0 Å². The number of aromatic nitrogens is 3. The second kappa shape index (κ2) is 7.20. The van der Waals surface area contributed by atoms with Crippen molar-refractivity contribution in [3.8, 4) is 0 Å². The fourth-order valence-corrected chi connectivity index (χ4v) is 1.95. The van der Waals surface area contributed by atoms with Gasteiger partial charge in [-0.2, -0.15) is 5.10 Å². The van der Waals surface area contributed by atoms with Gasteiger partial charge in [-0.3, -0.25) is 4.98 Å². The van der Waals surface area contributed by atoms with Crippen molar-refractivity contribution in [1.82, 2.24) is 20.5 Å². The van der Waals surface area contributed by atoms with Crippen LogP contribution in [-0.4, -0.2) is 26.8 Å². The zero-order valence-corrected chi connectivity index (χ0v) is 12.7. The van der Waals surface area contributed by atoms with Gasteiger partial charge >= 0.3 is 0 Å². The average Bonchev–Trinajstić information content (AvgIpc) is 2.43. The monoisotopic (exact) mass is 355 g/mol. The Kier molecular flexibility index (Phi) is 5.31. The Hall–Kier alpha value is -1.67. The lowest BCUT2D eigenvalue weighted by Crippen LogP contribution is -2.31. The summed E-state index contributed by atoms with van der Waals surface area (Å²) in [5.74, 6) is 0.207. The van der Waals surface area contributed by atoms with Crippen LogP contribution in [-0.2, 0) is 6.42 Å². The third-order valence-electron chi connectivity index (χ3n) is 2.39. The van der Waals surface area contributed by atoms with E-state index >= 15 is 0 Å². The van der Waals surface area contributed by atoms with Crippen molar-refractivity contribution in [2.75, 3.05) is 11.9 Å². The van der Waals surface area contributed by atoms with E-state index in [0.29, 0.717) is 29.6 Å². The molecule has 0 atom stereocenters. The summed E-state index contributed by atoms with van der Waals surface area (Å²) in [6.07, 6.45) is 3.57. The van der Waals surface area contributed by atoms with Gasteiger partial charge < -0.3 is 10.6 Å². The van der Waals surface area contributed by atoms with E-state index in [2.05, 4.69) is 41.7 Å². The predicted molar refractivity (Wildman–Crippen MR) is 81.9 cm³/mol. The van der Waals surface area contributed by atoms with Gasteiger partial charge in [-0.1, -0.05) is 0 Å². The summed E-state index contributed by atoms with van der Waals surface area (Å²) in [7, 11) is 0. The first kappa shape index (κ1) is 14.7. The van der Waals surface area contributed by atoms with Gasteiger partial charge in [0.2, 0.25) is 0 Å². The predicted octanol–water partition coefficient (Wildman–Crippen LogP) is 2.30. The van der Waals surface area contributed by atoms with E-state index < -0.39 is 0 Å². The minimum atomic E-state index is -0.315. The van der Waals surface area contributed by atoms with Crippen LogP contribution < -0.4 is 10.6 Å². The number of rotatable bonds is 4. The van der Waals surface area contributed by atoms with Crippen molar-refractivity contribution in [3.63, 3.8) is 0 Å². The van der Waals surface area contributed by atoms with Gasteiger partial charge in [0, 0.05) is 19.2 Å². The van der Waals surface area contributed by atoms with E-state index in [1.54, 1.807) is 24.5 Å². The lowest BCUT2D eigenvalue weighted by molar-refractivity contribution is 0.596. The number of halogens is 2. The van der Waals surface area contributed by atoms with Gasteiger partial charge in [0.15, 0.2) is 10.9 Å². The lowest BCUT2D eigenvalue weighted by Gasteiger charge is -2.10. The van der Waals surface area contributed by atoms with Crippen molar-refractivity contribution >= 4 is 39.1 Å². The minimum absolute atomic E-state index is 0.315. The number of anilines is 1. The highest BCUT2D eigenvalue weighted by molar-refractivity contribution is 9.10. The van der Waals surface area contributed by atoms with E-state index in [1.807, 2.05) is 0 Å². The highest BCUT2D eigenvalue weighted by atomic mass is 79.9. The van der Waals surface area contributed by atoms with Gasteiger partial charge in [-0.15, -0.1) is 5.10 Å². The van der Waals surface area contributed by atoms with E-state index in [9.17, 15) is 4.39 Å². The van der Waals surface area contributed by atoms with Gasteiger partial charge in [0.05, 0.1) is 16.4 Å². The van der Waals surface area contributed by atoms with Crippen LogP contribution in [0.1, 0.15) is 5.69 Å². The summed E-state index contributed by atoms with van der Waals surface area (Å²) in [5.41, 5.74) is 0.406. The normalized spacial score (nSPS) is 10.1. The molecule has 0 saturated carbocycles. The molecule has 8 heteroatoms. The Balaban J connectivity index is 1.82. The molecule has 0 radical (unpaired) electrons. The fraction of sp³-hybridized carbons (Fsp3) is 0.167. The maximum atomic E-state index is 13.4. The van der Waals surface area contributed by atoms with Crippen LogP contribution in [0.15, 0.2) is 35.1 Å². The summed E-state index contributed by atoms with van der Waals surface area (Å²) in [6.45, 7) is 0.470. The topological polar surface area (TPSA) is 62.7 Å². The molecule has 2 rings (SSSR count). The Bertz CT molecular complexity index is 610. The third-order valence-corrected chi connectivity index (χ3v) is 3.27. The molecular weight excluding hydrogens is 345 g/mol. The van der Waals surface area contributed by atoms with Crippen LogP contribution in [0.4, 0.5) is 10.2 Å². The smallest absolute Gasteiger partial charge is 0.172 e. The molecular formula is C12H11BrFN5S. The maximum Gasteiger partial charge on any atom is 0.172 e. The van der Waals surface area contributed by atoms with Crippen LogP contribution in [0.25, 0.3) is 0 Å². The number of pyridine rings is 1. The van der Waals surface area contributed by atoms with Crippen LogP contribution in [0.3, 0.4) is 0 Å². The molecule has 0 aliphatic carbocycles. The summed E-state index contributed by atoms with van der Waals surface area (Å²) < 4.78 is 14.1.